The lowest BCUT2D eigenvalue weighted by atomic mass is 9.87. The van der Waals surface area contributed by atoms with Gasteiger partial charge in [-0.25, -0.2) is 0 Å². The summed E-state index contributed by atoms with van der Waals surface area (Å²) in [7, 11) is 0. The molecule has 19 heavy (non-hydrogen) atoms. The van der Waals surface area contributed by atoms with Crippen LogP contribution in [0.2, 0.25) is 0 Å². The summed E-state index contributed by atoms with van der Waals surface area (Å²) in [5.41, 5.74) is 1.65. The molecule has 0 unspecified atom stereocenters. The van der Waals surface area contributed by atoms with E-state index in [1.54, 1.807) is 0 Å². The van der Waals surface area contributed by atoms with Crippen LogP contribution in [0.1, 0.15) is 65.4 Å². The van der Waals surface area contributed by atoms with Gasteiger partial charge in [0.15, 0.2) is 0 Å². The van der Waals surface area contributed by atoms with Gasteiger partial charge in [-0.3, -0.25) is 0 Å². The summed E-state index contributed by atoms with van der Waals surface area (Å²) in [6, 6.07) is 8.95. The van der Waals surface area contributed by atoms with Crippen LogP contribution in [0.4, 0.5) is 0 Å². The zero-order valence-electron chi connectivity index (χ0n) is 12.9. The molecule has 0 bridgehead atoms. The molecule has 0 saturated heterocycles. The fourth-order valence-corrected chi connectivity index (χ4v) is 2.60. The molecule has 0 atom stereocenters. The van der Waals surface area contributed by atoms with E-state index in [1.807, 2.05) is 11.8 Å². The Morgan fingerprint density at radius 1 is 1.00 bits per heavy atom. The zero-order chi connectivity index (χ0) is 14.1. The quantitative estimate of drug-likeness (QED) is 0.401. The molecule has 0 spiro atoms. The van der Waals surface area contributed by atoms with E-state index in [2.05, 4.69) is 63.4 Å². The van der Waals surface area contributed by atoms with Gasteiger partial charge in [-0.1, -0.05) is 76.9 Å². The molecule has 1 heteroatoms. The summed E-state index contributed by atoms with van der Waals surface area (Å²) in [5, 5.41) is 2.23. The van der Waals surface area contributed by atoms with Gasteiger partial charge >= 0.3 is 0 Å². The van der Waals surface area contributed by atoms with Crippen molar-refractivity contribution in [2.24, 2.45) is 0 Å². The van der Waals surface area contributed by atoms with Crippen molar-refractivity contribution in [3.05, 3.63) is 41.3 Å². The van der Waals surface area contributed by atoms with Crippen LogP contribution in [0.3, 0.4) is 0 Å². The van der Waals surface area contributed by atoms with Gasteiger partial charge in [-0.2, -0.15) is 0 Å². The summed E-state index contributed by atoms with van der Waals surface area (Å²) in [6.07, 6.45) is 8.90. The minimum absolute atomic E-state index is 0.248. The van der Waals surface area contributed by atoms with Gasteiger partial charge in [0.05, 0.1) is 0 Å². The fraction of sp³-hybridized carbons (Fsp3) is 0.556. The molecular weight excluding hydrogens is 248 g/mol. The number of unbranched alkanes of at least 4 members (excludes halogenated alkanes) is 4. The fourth-order valence-electron chi connectivity index (χ4n) is 1.92. The van der Waals surface area contributed by atoms with Crippen LogP contribution in [0, 0.1) is 0 Å². The first-order valence-electron chi connectivity index (χ1n) is 7.46. The van der Waals surface area contributed by atoms with E-state index in [0.717, 1.165) is 0 Å². The molecule has 0 radical (unpaired) electrons. The molecule has 1 aromatic carbocycles. The van der Waals surface area contributed by atoms with Crippen molar-refractivity contribution in [1.82, 2.24) is 0 Å². The average Bonchev–Trinajstić information content (AvgIpc) is 2.37. The van der Waals surface area contributed by atoms with Crippen LogP contribution in [-0.4, -0.2) is 0 Å². The highest BCUT2D eigenvalue weighted by Gasteiger charge is 2.12. The van der Waals surface area contributed by atoms with E-state index in [1.165, 1.54) is 42.6 Å². The lowest BCUT2D eigenvalue weighted by molar-refractivity contribution is 0.590. The molecular formula is C18H28S. The molecule has 106 valence electrons. The first-order valence-corrected chi connectivity index (χ1v) is 8.34. The minimum atomic E-state index is 0.248. The van der Waals surface area contributed by atoms with Crippen LogP contribution >= 0.6 is 11.8 Å². The first-order chi connectivity index (χ1) is 9.04. The third kappa shape index (κ3) is 6.87. The minimum Gasteiger partial charge on any atom is -0.0984 e. The zero-order valence-corrected chi connectivity index (χ0v) is 13.7. The van der Waals surface area contributed by atoms with Crippen molar-refractivity contribution in [2.45, 2.75) is 70.1 Å². The second-order valence-corrected chi connectivity index (χ2v) is 7.09. The number of rotatable bonds is 7. The molecule has 0 N–H and O–H groups in total. The maximum absolute atomic E-state index is 2.30. The lowest BCUT2D eigenvalue weighted by Crippen LogP contribution is -2.10. The Morgan fingerprint density at radius 3 is 2.26 bits per heavy atom. The number of allylic oxidation sites excluding steroid dienone is 1. The van der Waals surface area contributed by atoms with Gasteiger partial charge in [-0.15, -0.1) is 0 Å². The maximum atomic E-state index is 2.30. The van der Waals surface area contributed by atoms with Crippen LogP contribution in [0.5, 0.6) is 0 Å². The molecule has 0 aliphatic carbocycles. The Morgan fingerprint density at radius 2 is 1.68 bits per heavy atom. The van der Waals surface area contributed by atoms with Gasteiger partial charge in [0.1, 0.15) is 0 Å². The van der Waals surface area contributed by atoms with Crippen molar-refractivity contribution >= 4 is 11.8 Å². The van der Waals surface area contributed by atoms with E-state index >= 15 is 0 Å². The van der Waals surface area contributed by atoms with E-state index in [4.69, 9.17) is 0 Å². The highest BCUT2D eigenvalue weighted by atomic mass is 32.2. The topological polar surface area (TPSA) is 0 Å². The third-order valence-corrected chi connectivity index (χ3v) is 4.12. The summed E-state index contributed by atoms with van der Waals surface area (Å²) in [5.74, 6) is 0. The predicted molar refractivity (Wildman–Crippen MR) is 88.9 cm³/mol. The Kier molecular flexibility index (Phi) is 7.30. The molecule has 0 aliphatic heterocycles. The van der Waals surface area contributed by atoms with Crippen molar-refractivity contribution < 1.29 is 0 Å². The van der Waals surface area contributed by atoms with Gasteiger partial charge in [-0.05, 0) is 41.4 Å². The van der Waals surface area contributed by atoms with E-state index < -0.39 is 0 Å². The predicted octanol–water partition coefficient (Wildman–Crippen LogP) is 6.56. The number of thioether (sulfide) groups is 1. The van der Waals surface area contributed by atoms with Gasteiger partial charge in [0.2, 0.25) is 0 Å². The molecule has 0 nitrogen and oxygen atoms in total. The number of hydrogen-bond donors (Lipinski definition) is 0. The number of hydrogen-bond acceptors (Lipinski definition) is 1. The Balaban J connectivity index is 2.32. The molecule has 1 aromatic rings. The van der Waals surface area contributed by atoms with Gasteiger partial charge in [0, 0.05) is 4.90 Å². The van der Waals surface area contributed by atoms with E-state index in [-0.39, 0.29) is 5.41 Å². The summed E-state index contributed by atoms with van der Waals surface area (Å²) in [6.45, 7) is 9.02. The Hall–Kier alpha value is -0.690. The SMILES string of the molecule is CCCCCCC=CSc1ccc(C(C)(C)C)cc1. The van der Waals surface area contributed by atoms with Gasteiger partial charge < -0.3 is 0 Å². The second kappa shape index (κ2) is 8.47. The largest absolute Gasteiger partial charge is 0.0984 e. The van der Waals surface area contributed by atoms with Crippen molar-refractivity contribution in [3.63, 3.8) is 0 Å². The summed E-state index contributed by atoms with van der Waals surface area (Å²) in [4.78, 5) is 1.33. The Labute approximate surface area is 123 Å². The normalized spacial score (nSPS) is 12.2. The van der Waals surface area contributed by atoms with Crippen molar-refractivity contribution in [1.29, 1.82) is 0 Å². The summed E-state index contributed by atoms with van der Waals surface area (Å²) < 4.78 is 0. The van der Waals surface area contributed by atoms with Crippen LogP contribution in [0.15, 0.2) is 40.6 Å². The molecule has 1 rings (SSSR count). The molecule has 0 heterocycles. The van der Waals surface area contributed by atoms with E-state index in [9.17, 15) is 0 Å². The molecule has 0 aliphatic rings. The molecule has 0 aromatic heterocycles. The van der Waals surface area contributed by atoms with Gasteiger partial charge in [0.25, 0.3) is 0 Å². The molecule has 0 amide bonds. The van der Waals surface area contributed by atoms with Crippen LogP contribution < -0.4 is 0 Å². The monoisotopic (exact) mass is 276 g/mol. The smallest absolute Gasteiger partial charge is 0.0116 e. The standard InChI is InChI=1S/C18H28S/c1-5-6-7-8-9-10-15-19-17-13-11-16(12-14-17)18(2,3)4/h10-15H,5-9H2,1-4H3. The first kappa shape index (κ1) is 16.4. The Bertz CT molecular complexity index is 368. The average molecular weight is 276 g/mol. The highest BCUT2D eigenvalue weighted by molar-refractivity contribution is 8.02. The van der Waals surface area contributed by atoms with Crippen molar-refractivity contribution in [3.8, 4) is 0 Å². The van der Waals surface area contributed by atoms with Crippen LogP contribution in [-0.2, 0) is 5.41 Å². The third-order valence-electron chi connectivity index (χ3n) is 3.25. The second-order valence-electron chi connectivity index (χ2n) is 6.11. The maximum Gasteiger partial charge on any atom is 0.0116 e. The summed E-state index contributed by atoms with van der Waals surface area (Å²) >= 11 is 1.82. The number of benzene rings is 1. The van der Waals surface area contributed by atoms with Crippen LogP contribution in [0.25, 0.3) is 0 Å². The highest BCUT2D eigenvalue weighted by Crippen LogP contribution is 2.26. The lowest BCUT2D eigenvalue weighted by Gasteiger charge is -2.18. The molecule has 0 fully saturated rings. The van der Waals surface area contributed by atoms with Crippen molar-refractivity contribution in [2.75, 3.05) is 0 Å². The van der Waals surface area contributed by atoms with E-state index in [0.29, 0.717) is 0 Å². The molecule has 0 saturated carbocycles.